The van der Waals surface area contributed by atoms with E-state index in [4.69, 9.17) is 4.42 Å². The maximum atomic E-state index is 12.3. The number of pyridine rings is 1. The topological polar surface area (TPSA) is 72.1 Å². The number of fused-ring (bicyclic) bond motifs is 1. The number of aromatic nitrogens is 3. The zero-order valence-electron chi connectivity index (χ0n) is 13.2. The van der Waals surface area contributed by atoms with E-state index in [0.29, 0.717) is 18.9 Å². The minimum absolute atomic E-state index is 0.0321. The number of nitrogens with zero attached hydrogens (tertiary/aromatic N) is 4. The Morgan fingerprint density at radius 2 is 2.09 bits per heavy atom. The quantitative estimate of drug-likeness (QED) is 0.724. The lowest BCUT2D eigenvalue weighted by atomic mass is 10.1. The smallest absolute Gasteiger partial charge is 0.311 e. The van der Waals surface area contributed by atoms with E-state index in [1.807, 2.05) is 37.3 Å². The van der Waals surface area contributed by atoms with E-state index in [-0.39, 0.29) is 11.8 Å². The largest absolute Gasteiger partial charge is 0.417 e. The first kappa shape index (κ1) is 15.1. The third-order valence-corrected chi connectivity index (χ3v) is 3.53. The van der Waals surface area contributed by atoms with Crippen LogP contribution in [0.4, 0.5) is 0 Å². The average molecular weight is 310 g/mol. The van der Waals surface area contributed by atoms with Crippen LogP contribution in [0.3, 0.4) is 0 Å². The third kappa shape index (κ3) is 3.36. The summed E-state index contributed by atoms with van der Waals surface area (Å²) in [7, 11) is 1.71. The Kier molecular flexibility index (Phi) is 4.32. The molecule has 0 spiro atoms. The minimum Gasteiger partial charge on any atom is -0.417 e. The predicted molar refractivity (Wildman–Crippen MR) is 85.8 cm³/mol. The van der Waals surface area contributed by atoms with Crippen LogP contribution in [-0.4, -0.2) is 33.0 Å². The fourth-order valence-electron chi connectivity index (χ4n) is 2.37. The fourth-order valence-corrected chi connectivity index (χ4v) is 2.37. The summed E-state index contributed by atoms with van der Waals surface area (Å²) in [5.41, 5.74) is 1.89. The number of carbonyl (C=O) groups excluding carboxylic acids is 1. The zero-order valence-corrected chi connectivity index (χ0v) is 13.2. The van der Waals surface area contributed by atoms with E-state index >= 15 is 0 Å². The number of hydrogen-bond acceptors (Lipinski definition) is 5. The van der Waals surface area contributed by atoms with Crippen LogP contribution in [0.15, 0.2) is 40.9 Å². The fraction of sp³-hybridized carbons (Fsp3) is 0.294. The molecule has 2 heterocycles. The van der Waals surface area contributed by atoms with Gasteiger partial charge in [-0.25, -0.2) is 0 Å². The van der Waals surface area contributed by atoms with E-state index in [9.17, 15) is 4.79 Å². The molecule has 6 nitrogen and oxygen atoms in total. The average Bonchev–Trinajstić information content (AvgIpc) is 3.03. The van der Waals surface area contributed by atoms with Crippen LogP contribution in [0, 0.1) is 0 Å². The first-order valence-electron chi connectivity index (χ1n) is 7.59. The molecule has 2 aromatic heterocycles. The highest BCUT2D eigenvalue weighted by Gasteiger charge is 2.19. The standard InChI is InChI=1S/C17H18N4O2/c1-3-6-15-19-20-16(23-15)17(22)21(2)11-12-9-13-7-4-5-8-14(13)18-10-12/h4-5,7-10H,3,6,11H2,1-2H3. The summed E-state index contributed by atoms with van der Waals surface area (Å²) in [4.78, 5) is 18.3. The minimum atomic E-state index is -0.284. The molecule has 23 heavy (non-hydrogen) atoms. The van der Waals surface area contributed by atoms with Crippen LogP contribution in [0.2, 0.25) is 0 Å². The molecular formula is C17H18N4O2. The Hall–Kier alpha value is -2.76. The molecule has 0 aliphatic carbocycles. The molecule has 3 rings (SSSR count). The van der Waals surface area contributed by atoms with Crippen LogP contribution >= 0.6 is 0 Å². The SMILES string of the molecule is CCCc1nnc(C(=O)N(C)Cc2cnc3ccccc3c2)o1. The first-order chi connectivity index (χ1) is 11.2. The molecule has 0 aliphatic rings. The van der Waals surface area contributed by atoms with Gasteiger partial charge in [0.15, 0.2) is 0 Å². The molecule has 0 atom stereocenters. The normalized spacial score (nSPS) is 10.9. The maximum Gasteiger partial charge on any atom is 0.311 e. The maximum absolute atomic E-state index is 12.3. The van der Waals surface area contributed by atoms with Gasteiger partial charge < -0.3 is 9.32 Å². The van der Waals surface area contributed by atoms with Gasteiger partial charge in [-0.2, -0.15) is 0 Å². The Bertz CT molecular complexity index is 828. The number of para-hydroxylation sites is 1. The highest BCUT2D eigenvalue weighted by Crippen LogP contribution is 2.14. The molecule has 3 aromatic rings. The van der Waals surface area contributed by atoms with Crippen molar-refractivity contribution in [2.45, 2.75) is 26.3 Å². The summed E-state index contributed by atoms with van der Waals surface area (Å²) in [6.07, 6.45) is 3.36. The van der Waals surface area contributed by atoms with Crippen molar-refractivity contribution in [2.24, 2.45) is 0 Å². The number of amides is 1. The van der Waals surface area contributed by atoms with E-state index in [2.05, 4.69) is 15.2 Å². The molecular weight excluding hydrogens is 292 g/mol. The molecule has 0 radical (unpaired) electrons. The van der Waals surface area contributed by atoms with Crippen molar-refractivity contribution in [3.63, 3.8) is 0 Å². The van der Waals surface area contributed by atoms with Crippen LogP contribution in [-0.2, 0) is 13.0 Å². The highest BCUT2D eigenvalue weighted by molar-refractivity contribution is 5.89. The number of carbonyl (C=O) groups is 1. The molecule has 0 saturated carbocycles. The summed E-state index contributed by atoms with van der Waals surface area (Å²) >= 11 is 0. The molecule has 0 fully saturated rings. The highest BCUT2D eigenvalue weighted by atomic mass is 16.4. The lowest BCUT2D eigenvalue weighted by Gasteiger charge is -2.15. The predicted octanol–water partition coefficient (Wildman–Crippen LogP) is 2.84. The van der Waals surface area contributed by atoms with Crippen LogP contribution in [0.25, 0.3) is 10.9 Å². The lowest BCUT2D eigenvalue weighted by Crippen LogP contribution is -2.26. The van der Waals surface area contributed by atoms with Crippen molar-refractivity contribution in [2.75, 3.05) is 7.05 Å². The van der Waals surface area contributed by atoms with Crippen LogP contribution in [0.5, 0.6) is 0 Å². The van der Waals surface area contributed by atoms with Gasteiger partial charge >= 0.3 is 11.8 Å². The van der Waals surface area contributed by atoms with Gasteiger partial charge in [0.05, 0.1) is 5.52 Å². The van der Waals surface area contributed by atoms with E-state index in [1.54, 1.807) is 18.1 Å². The summed E-state index contributed by atoms with van der Waals surface area (Å²) < 4.78 is 5.39. The van der Waals surface area contributed by atoms with Gasteiger partial charge in [0.25, 0.3) is 0 Å². The van der Waals surface area contributed by atoms with Crippen molar-refractivity contribution in [1.29, 1.82) is 0 Å². The monoisotopic (exact) mass is 310 g/mol. The summed E-state index contributed by atoms with van der Waals surface area (Å²) in [6.45, 7) is 2.45. The number of aryl methyl sites for hydroxylation is 1. The molecule has 0 aliphatic heterocycles. The number of hydrogen-bond donors (Lipinski definition) is 0. The molecule has 0 saturated heterocycles. The molecule has 1 aromatic carbocycles. The van der Waals surface area contributed by atoms with Crippen LogP contribution < -0.4 is 0 Å². The Balaban J connectivity index is 1.73. The molecule has 118 valence electrons. The second kappa shape index (κ2) is 6.56. The lowest BCUT2D eigenvalue weighted by molar-refractivity contribution is 0.0743. The van der Waals surface area contributed by atoms with Crippen molar-refractivity contribution in [3.05, 3.63) is 53.9 Å². The number of rotatable bonds is 5. The van der Waals surface area contributed by atoms with Crippen molar-refractivity contribution < 1.29 is 9.21 Å². The van der Waals surface area contributed by atoms with Gasteiger partial charge in [-0.15, -0.1) is 10.2 Å². The Morgan fingerprint density at radius 1 is 1.26 bits per heavy atom. The molecule has 0 N–H and O–H groups in total. The van der Waals surface area contributed by atoms with Gasteiger partial charge in [0, 0.05) is 31.6 Å². The summed E-state index contributed by atoms with van der Waals surface area (Å²) in [6, 6.07) is 9.91. The second-order valence-corrected chi connectivity index (χ2v) is 5.45. The van der Waals surface area contributed by atoms with Gasteiger partial charge in [0.1, 0.15) is 0 Å². The van der Waals surface area contributed by atoms with E-state index in [1.165, 1.54) is 0 Å². The Morgan fingerprint density at radius 3 is 2.91 bits per heavy atom. The van der Waals surface area contributed by atoms with Gasteiger partial charge in [0.2, 0.25) is 5.89 Å². The molecule has 6 heteroatoms. The van der Waals surface area contributed by atoms with Gasteiger partial charge in [-0.3, -0.25) is 9.78 Å². The number of benzene rings is 1. The summed E-state index contributed by atoms with van der Waals surface area (Å²) in [5, 5.41) is 8.75. The third-order valence-electron chi connectivity index (χ3n) is 3.53. The molecule has 0 unspecified atom stereocenters. The van der Waals surface area contributed by atoms with Crippen LogP contribution in [0.1, 0.15) is 35.5 Å². The first-order valence-corrected chi connectivity index (χ1v) is 7.59. The second-order valence-electron chi connectivity index (χ2n) is 5.45. The zero-order chi connectivity index (χ0) is 16.2. The van der Waals surface area contributed by atoms with Gasteiger partial charge in [-0.05, 0) is 24.1 Å². The van der Waals surface area contributed by atoms with Crippen molar-refractivity contribution in [3.8, 4) is 0 Å². The van der Waals surface area contributed by atoms with E-state index in [0.717, 1.165) is 22.9 Å². The van der Waals surface area contributed by atoms with Crippen molar-refractivity contribution >= 4 is 16.8 Å². The Labute approximate surface area is 134 Å². The molecule has 1 amide bonds. The van der Waals surface area contributed by atoms with Gasteiger partial charge in [-0.1, -0.05) is 25.1 Å². The molecule has 0 bridgehead atoms. The summed E-state index contributed by atoms with van der Waals surface area (Å²) in [5.74, 6) is 0.245. The van der Waals surface area contributed by atoms with E-state index < -0.39 is 0 Å². The van der Waals surface area contributed by atoms with Crippen molar-refractivity contribution in [1.82, 2.24) is 20.1 Å².